The Balaban J connectivity index is 2.09. The second kappa shape index (κ2) is 7.22. The van der Waals surface area contributed by atoms with Crippen LogP contribution in [0.1, 0.15) is 18.1 Å². The molecule has 26 heavy (non-hydrogen) atoms. The number of carbonyl (C=O) groups is 1. The molecule has 0 saturated heterocycles. The maximum Gasteiger partial charge on any atom is 0.241 e. The summed E-state index contributed by atoms with van der Waals surface area (Å²) >= 11 is 1.37. The molecule has 0 radical (unpaired) electrons. The van der Waals surface area contributed by atoms with Gasteiger partial charge in [0.2, 0.25) is 15.9 Å². The molecule has 0 bridgehead atoms. The fraction of sp³-hybridized carbons (Fsp3) is 0.222. The number of hydrazone groups is 1. The quantitative estimate of drug-likeness (QED) is 0.851. The fourth-order valence-corrected chi connectivity index (χ4v) is 4.65. The molecule has 0 saturated carbocycles. The van der Waals surface area contributed by atoms with Crippen molar-refractivity contribution < 1.29 is 13.2 Å². The van der Waals surface area contributed by atoms with Gasteiger partial charge in [0.1, 0.15) is 5.04 Å². The van der Waals surface area contributed by atoms with E-state index in [0.29, 0.717) is 5.04 Å². The van der Waals surface area contributed by atoms with E-state index in [1.54, 1.807) is 0 Å². The fourth-order valence-electron chi connectivity index (χ4n) is 2.74. The molecule has 136 valence electrons. The van der Waals surface area contributed by atoms with Crippen molar-refractivity contribution in [1.82, 2.24) is 9.73 Å². The van der Waals surface area contributed by atoms with Crippen molar-refractivity contribution in [2.75, 3.05) is 12.8 Å². The Labute approximate surface area is 157 Å². The lowest BCUT2D eigenvalue weighted by molar-refractivity contribution is -0.132. The second-order valence-corrected chi connectivity index (χ2v) is 9.05. The molecule has 1 aliphatic heterocycles. The molecular formula is C18H19N3O3S2. The van der Waals surface area contributed by atoms with Gasteiger partial charge in [0.25, 0.3) is 0 Å². The first-order chi connectivity index (χ1) is 12.3. The van der Waals surface area contributed by atoms with Crippen LogP contribution in [0.2, 0.25) is 0 Å². The van der Waals surface area contributed by atoms with Gasteiger partial charge in [0.15, 0.2) is 4.87 Å². The molecule has 1 heterocycles. The maximum atomic E-state index is 12.4. The number of amides is 1. The molecule has 1 unspecified atom stereocenters. The topological polar surface area (TPSA) is 78.8 Å². The number of rotatable bonds is 5. The third-order valence-electron chi connectivity index (χ3n) is 3.92. The van der Waals surface area contributed by atoms with Crippen LogP contribution in [0.5, 0.6) is 0 Å². The van der Waals surface area contributed by atoms with Gasteiger partial charge in [-0.05, 0) is 5.56 Å². The zero-order valence-corrected chi connectivity index (χ0v) is 16.0. The Hall–Kier alpha value is -2.16. The Morgan fingerprint density at radius 3 is 2.23 bits per heavy atom. The second-order valence-electron chi connectivity index (χ2n) is 5.95. The maximum absolute atomic E-state index is 12.4. The summed E-state index contributed by atoms with van der Waals surface area (Å²) in [5, 5.41) is 6.55. The molecule has 0 aliphatic carbocycles. The molecule has 0 fully saturated rings. The minimum Gasteiger partial charge on any atom is -0.273 e. The van der Waals surface area contributed by atoms with E-state index in [2.05, 4.69) is 9.82 Å². The van der Waals surface area contributed by atoms with Crippen LogP contribution in [0.3, 0.4) is 0 Å². The third-order valence-corrected chi connectivity index (χ3v) is 5.99. The number of sulfonamides is 1. The number of nitrogens with zero attached hydrogens (tertiary/aromatic N) is 2. The molecular weight excluding hydrogens is 370 g/mol. The van der Waals surface area contributed by atoms with Crippen LogP contribution in [0.15, 0.2) is 65.8 Å². The summed E-state index contributed by atoms with van der Waals surface area (Å²) in [5.74, 6) is -0.261. The van der Waals surface area contributed by atoms with Gasteiger partial charge in [0.05, 0.1) is 12.8 Å². The summed E-state index contributed by atoms with van der Waals surface area (Å²) in [6.45, 7) is 1.44. The standard InChI is InChI=1S/C18H19N3O3S2/c1-14(22)21-18(13-19-26(2,23)24,16-11-7-4-8-12-16)25-17(20-21)15-9-5-3-6-10-15/h3-12,19H,13H2,1-2H3. The first-order valence-electron chi connectivity index (χ1n) is 7.96. The Morgan fingerprint density at radius 2 is 1.69 bits per heavy atom. The smallest absolute Gasteiger partial charge is 0.241 e. The van der Waals surface area contributed by atoms with Crippen LogP contribution < -0.4 is 4.72 Å². The van der Waals surface area contributed by atoms with E-state index in [4.69, 9.17) is 0 Å². The highest BCUT2D eigenvalue weighted by Gasteiger charge is 2.48. The van der Waals surface area contributed by atoms with Gasteiger partial charge in [-0.25, -0.2) is 18.1 Å². The predicted octanol–water partition coefficient (Wildman–Crippen LogP) is 2.35. The molecule has 1 atom stereocenters. The minimum absolute atomic E-state index is 0.0138. The van der Waals surface area contributed by atoms with E-state index in [9.17, 15) is 13.2 Å². The molecule has 3 rings (SSSR count). The van der Waals surface area contributed by atoms with Gasteiger partial charge >= 0.3 is 0 Å². The third kappa shape index (κ3) is 3.82. The summed E-state index contributed by atoms with van der Waals surface area (Å²) in [5.41, 5.74) is 1.67. The van der Waals surface area contributed by atoms with E-state index in [1.165, 1.54) is 23.7 Å². The number of carbonyl (C=O) groups excluding carboxylic acids is 1. The van der Waals surface area contributed by atoms with E-state index >= 15 is 0 Å². The van der Waals surface area contributed by atoms with Crippen LogP contribution >= 0.6 is 11.8 Å². The number of thioether (sulfide) groups is 1. The van der Waals surface area contributed by atoms with Crippen LogP contribution in [0, 0.1) is 0 Å². The summed E-state index contributed by atoms with van der Waals surface area (Å²) in [6.07, 6.45) is 1.10. The average molecular weight is 390 g/mol. The predicted molar refractivity (Wildman–Crippen MR) is 104 cm³/mol. The van der Waals surface area contributed by atoms with Crippen LogP contribution in [0.4, 0.5) is 0 Å². The molecule has 2 aromatic carbocycles. The summed E-state index contributed by atoms with van der Waals surface area (Å²) in [7, 11) is -3.44. The van der Waals surface area contributed by atoms with Crippen molar-refractivity contribution in [1.29, 1.82) is 0 Å². The van der Waals surface area contributed by atoms with Crippen LogP contribution in [0.25, 0.3) is 0 Å². The molecule has 0 spiro atoms. The van der Waals surface area contributed by atoms with Gasteiger partial charge in [0, 0.05) is 12.5 Å². The highest BCUT2D eigenvalue weighted by molar-refractivity contribution is 8.15. The van der Waals surface area contributed by atoms with Gasteiger partial charge in [-0.1, -0.05) is 72.4 Å². The zero-order chi connectivity index (χ0) is 18.8. The molecule has 1 aliphatic rings. The van der Waals surface area contributed by atoms with Crippen molar-refractivity contribution in [3.8, 4) is 0 Å². The Kier molecular flexibility index (Phi) is 5.17. The molecule has 0 aromatic heterocycles. The monoisotopic (exact) mass is 389 g/mol. The zero-order valence-electron chi connectivity index (χ0n) is 14.4. The highest BCUT2D eigenvalue weighted by atomic mass is 32.2. The number of hydrogen-bond donors (Lipinski definition) is 1. The molecule has 8 heteroatoms. The van der Waals surface area contributed by atoms with Crippen LogP contribution in [-0.2, 0) is 19.7 Å². The van der Waals surface area contributed by atoms with Crippen molar-refractivity contribution >= 4 is 32.7 Å². The molecule has 6 nitrogen and oxygen atoms in total. The number of nitrogens with one attached hydrogen (secondary N) is 1. The first kappa shape index (κ1) is 18.6. The number of hydrogen-bond acceptors (Lipinski definition) is 5. The minimum atomic E-state index is -3.44. The van der Waals surface area contributed by atoms with E-state index in [0.717, 1.165) is 17.4 Å². The summed E-state index contributed by atoms with van der Waals surface area (Å²) in [4.78, 5) is 11.4. The lowest BCUT2D eigenvalue weighted by atomic mass is 10.1. The van der Waals surface area contributed by atoms with E-state index in [1.807, 2.05) is 60.7 Å². The lowest BCUT2D eigenvalue weighted by Crippen LogP contribution is -2.48. The molecule has 1 N–H and O–H groups in total. The number of benzene rings is 2. The molecule has 1 amide bonds. The van der Waals surface area contributed by atoms with Crippen LogP contribution in [-0.4, -0.2) is 37.2 Å². The highest BCUT2D eigenvalue weighted by Crippen LogP contribution is 2.47. The largest absolute Gasteiger partial charge is 0.273 e. The first-order valence-corrected chi connectivity index (χ1v) is 10.7. The van der Waals surface area contributed by atoms with Crippen molar-refractivity contribution in [2.24, 2.45) is 5.10 Å². The Bertz CT molecular complexity index is 931. The molecule has 2 aromatic rings. The van der Waals surface area contributed by atoms with E-state index < -0.39 is 14.9 Å². The van der Waals surface area contributed by atoms with Gasteiger partial charge < -0.3 is 0 Å². The van der Waals surface area contributed by atoms with Gasteiger partial charge in [-0.2, -0.15) is 5.10 Å². The normalized spacial score (nSPS) is 20.1. The van der Waals surface area contributed by atoms with Crippen molar-refractivity contribution in [2.45, 2.75) is 11.8 Å². The van der Waals surface area contributed by atoms with Gasteiger partial charge in [-0.15, -0.1) is 0 Å². The van der Waals surface area contributed by atoms with Crippen molar-refractivity contribution in [3.63, 3.8) is 0 Å². The average Bonchev–Trinajstić information content (AvgIpc) is 3.02. The van der Waals surface area contributed by atoms with Gasteiger partial charge in [-0.3, -0.25) is 4.79 Å². The lowest BCUT2D eigenvalue weighted by Gasteiger charge is -2.35. The Morgan fingerprint density at radius 1 is 1.12 bits per heavy atom. The summed E-state index contributed by atoms with van der Waals surface area (Å²) in [6, 6.07) is 18.9. The van der Waals surface area contributed by atoms with Crippen molar-refractivity contribution in [3.05, 3.63) is 71.8 Å². The SMILES string of the molecule is CC(=O)N1N=C(c2ccccc2)SC1(CNS(C)(=O)=O)c1ccccc1. The van der Waals surface area contributed by atoms with E-state index in [-0.39, 0.29) is 12.5 Å². The summed E-state index contributed by atoms with van der Waals surface area (Å²) < 4.78 is 26.0.